The fourth-order valence-electron chi connectivity index (χ4n) is 2.21. The first-order chi connectivity index (χ1) is 12.5. The molecule has 2 rings (SSSR count). The summed E-state index contributed by atoms with van der Waals surface area (Å²) in [5, 5.41) is 18.7. The molecule has 134 valence electrons. The maximum absolute atomic E-state index is 11.5. The van der Waals surface area contributed by atoms with Crippen molar-refractivity contribution in [3.63, 3.8) is 0 Å². The number of para-hydroxylation sites is 1. The van der Waals surface area contributed by atoms with Gasteiger partial charge in [-0.2, -0.15) is 5.10 Å². The molecule has 7 nitrogen and oxygen atoms in total. The van der Waals surface area contributed by atoms with Crippen molar-refractivity contribution in [2.75, 3.05) is 18.5 Å². The van der Waals surface area contributed by atoms with E-state index in [-0.39, 0.29) is 5.69 Å². The second-order valence-electron chi connectivity index (χ2n) is 5.27. The first kappa shape index (κ1) is 19.1. The second-order valence-corrected chi connectivity index (χ2v) is 5.68. The summed E-state index contributed by atoms with van der Waals surface area (Å²) in [6.45, 7) is 4.10. The van der Waals surface area contributed by atoms with E-state index in [1.807, 2.05) is 30.3 Å². The van der Waals surface area contributed by atoms with E-state index in [2.05, 4.69) is 22.4 Å². The minimum Gasteiger partial charge on any atom is -0.358 e. The number of nitro groups is 1. The highest BCUT2D eigenvalue weighted by atomic mass is 32.1. The van der Waals surface area contributed by atoms with Crippen LogP contribution < -0.4 is 15.6 Å². The van der Waals surface area contributed by atoms with Crippen LogP contribution in [0.2, 0.25) is 0 Å². The van der Waals surface area contributed by atoms with Crippen molar-refractivity contribution in [3.8, 4) is 0 Å². The van der Waals surface area contributed by atoms with Gasteiger partial charge in [-0.1, -0.05) is 30.3 Å². The average molecular weight is 369 g/mol. The van der Waals surface area contributed by atoms with E-state index < -0.39 is 4.92 Å². The summed E-state index contributed by atoms with van der Waals surface area (Å²) in [4.78, 5) is 12.9. The summed E-state index contributed by atoms with van der Waals surface area (Å²) >= 11 is 5.01. The Balaban J connectivity index is 2.19. The molecule has 2 N–H and O–H groups in total. The molecule has 0 bridgehead atoms. The van der Waals surface area contributed by atoms with Crippen molar-refractivity contribution >= 4 is 40.6 Å². The topological polar surface area (TPSA) is 82.8 Å². The van der Waals surface area contributed by atoms with Gasteiger partial charge in [0.05, 0.1) is 11.1 Å². The lowest BCUT2D eigenvalue weighted by Gasteiger charge is -2.19. The molecule has 2 aromatic rings. The van der Waals surface area contributed by atoms with Gasteiger partial charge in [0.2, 0.25) is 0 Å². The minimum absolute atomic E-state index is 0.00679. The Hall–Kier alpha value is -3.26. The van der Waals surface area contributed by atoms with E-state index >= 15 is 0 Å². The van der Waals surface area contributed by atoms with Crippen LogP contribution >= 0.6 is 12.2 Å². The predicted molar refractivity (Wildman–Crippen MR) is 109 cm³/mol. The molecular weight excluding hydrogens is 350 g/mol. The number of nitrogens with zero attached hydrogens (tertiary/aromatic N) is 3. The molecule has 0 atom stereocenters. The Kier molecular flexibility index (Phi) is 6.81. The zero-order chi connectivity index (χ0) is 18.9. The number of nitrogens with one attached hydrogen (secondary N) is 2. The largest absolute Gasteiger partial charge is 0.358 e. The monoisotopic (exact) mass is 369 g/mol. The molecule has 0 aliphatic carbocycles. The lowest BCUT2D eigenvalue weighted by molar-refractivity contribution is -0.384. The summed E-state index contributed by atoms with van der Waals surface area (Å²) in [6, 6.07) is 14.4. The Labute approximate surface area is 157 Å². The quantitative estimate of drug-likeness (QED) is 0.256. The molecule has 26 heavy (non-hydrogen) atoms. The minimum atomic E-state index is -0.407. The highest BCUT2D eigenvalue weighted by Gasteiger charge is 2.18. The number of hydrogen-bond acceptors (Lipinski definition) is 5. The number of rotatable bonds is 7. The van der Waals surface area contributed by atoms with Gasteiger partial charge >= 0.3 is 0 Å². The SMILES string of the molecule is C=CCNC(=S)N/N=C\c1ccc(N(C)c2ccccc2)c([N+](=O)[O-])c1. The van der Waals surface area contributed by atoms with Crippen LogP contribution in [0.15, 0.2) is 66.3 Å². The van der Waals surface area contributed by atoms with Gasteiger partial charge in [0, 0.05) is 30.9 Å². The standard InChI is InChI=1S/C18H19N5O2S/c1-3-11-19-18(26)21-20-13-14-9-10-16(17(12-14)23(24)25)22(2)15-7-5-4-6-8-15/h3-10,12-13H,1,11H2,2H3,(H2,19,21,26)/b20-13-. The summed E-state index contributed by atoms with van der Waals surface area (Å²) in [5.74, 6) is 0. The summed E-state index contributed by atoms with van der Waals surface area (Å²) in [6.07, 6.45) is 3.14. The van der Waals surface area contributed by atoms with Crippen LogP contribution in [-0.4, -0.2) is 29.8 Å². The van der Waals surface area contributed by atoms with Gasteiger partial charge in [-0.3, -0.25) is 15.5 Å². The maximum atomic E-state index is 11.5. The molecule has 0 aliphatic rings. The number of hydrogen-bond donors (Lipinski definition) is 2. The summed E-state index contributed by atoms with van der Waals surface area (Å²) < 4.78 is 0. The van der Waals surface area contributed by atoms with Crippen LogP contribution in [-0.2, 0) is 0 Å². The lowest BCUT2D eigenvalue weighted by Crippen LogP contribution is -2.31. The maximum Gasteiger partial charge on any atom is 0.293 e. The second kappa shape index (κ2) is 9.28. The number of nitro benzene ring substituents is 1. The molecule has 0 fully saturated rings. The molecule has 0 unspecified atom stereocenters. The fourth-order valence-corrected chi connectivity index (χ4v) is 2.35. The van der Waals surface area contributed by atoms with Crippen molar-refractivity contribution in [2.45, 2.75) is 0 Å². The zero-order valence-corrected chi connectivity index (χ0v) is 15.1. The van der Waals surface area contributed by atoms with Crippen molar-refractivity contribution in [1.82, 2.24) is 10.7 Å². The molecule has 0 amide bonds. The normalized spacial score (nSPS) is 10.3. The van der Waals surface area contributed by atoms with E-state index in [4.69, 9.17) is 12.2 Å². The first-order valence-corrected chi connectivity index (χ1v) is 8.18. The highest BCUT2D eigenvalue weighted by molar-refractivity contribution is 7.80. The molecule has 0 saturated heterocycles. The molecule has 2 aromatic carbocycles. The summed E-state index contributed by atoms with van der Waals surface area (Å²) in [5.41, 5.74) is 4.57. The van der Waals surface area contributed by atoms with Gasteiger partial charge in [0.1, 0.15) is 5.69 Å². The van der Waals surface area contributed by atoms with Crippen LogP contribution in [0, 0.1) is 10.1 Å². The van der Waals surface area contributed by atoms with Crippen molar-refractivity contribution in [1.29, 1.82) is 0 Å². The van der Waals surface area contributed by atoms with Crippen molar-refractivity contribution in [3.05, 3.63) is 76.9 Å². The van der Waals surface area contributed by atoms with Crippen LogP contribution in [0.3, 0.4) is 0 Å². The smallest absolute Gasteiger partial charge is 0.293 e. The van der Waals surface area contributed by atoms with E-state index in [9.17, 15) is 10.1 Å². The van der Waals surface area contributed by atoms with E-state index in [0.717, 1.165) is 5.69 Å². The fraction of sp³-hybridized carbons (Fsp3) is 0.111. The third-order valence-corrected chi connectivity index (χ3v) is 3.72. The average Bonchev–Trinajstić information content (AvgIpc) is 2.66. The zero-order valence-electron chi connectivity index (χ0n) is 14.3. The predicted octanol–water partition coefficient (Wildman–Crippen LogP) is 3.35. The van der Waals surface area contributed by atoms with Gasteiger partial charge < -0.3 is 10.2 Å². The van der Waals surface area contributed by atoms with E-state index in [1.165, 1.54) is 12.3 Å². The number of benzene rings is 2. The molecule has 0 aromatic heterocycles. The van der Waals surface area contributed by atoms with Crippen molar-refractivity contribution in [2.24, 2.45) is 5.10 Å². The van der Waals surface area contributed by atoms with E-state index in [1.54, 1.807) is 30.2 Å². The van der Waals surface area contributed by atoms with Gasteiger partial charge in [-0.15, -0.1) is 6.58 Å². The summed E-state index contributed by atoms with van der Waals surface area (Å²) in [7, 11) is 1.79. The van der Waals surface area contributed by atoms with Gasteiger partial charge in [0.15, 0.2) is 5.11 Å². The van der Waals surface area contributed by atoms with E-state index in [0.29, 0.717) is 22.9 Å². The number of anilines is 2. The Morgan fingerprint density at radius 2 is 2.08 bits per heavy atom. The highest BCUT2D eigenvalue weighted by Crippen LogP contribution is 2.32. The number of hydrazone groups is 1. The molecular formula is C18H19N5O2S. The molecule has 0 heterocycles. The molecule has 0 radical (unpaired) electrons. The molecule has 0 saturated carbocycles. The Bertz CT molecular complexity index is 824. The van der Waals surface area contributed by atoms with Gasteiger partial charge in [-0.25, -0.2) is 0 Å². The Morgan fingerprint density at radius 1 is 1.35 bits per heavy atom. The number of thiocarbonyl (C=S) groups is 1. The lowest BCUT2D eigenvalue weighted by atomic mass is 10.1. The molecule has 0 aliphatic heterocycles. The van der Waals surface area contributed by atoms with Crippen LogP contribution in [0.1, 0.15) is 5.56 Å². The van der Waals surface area contributed by atoms with Crippen molar-refractivity contribution < 1.29 is 4.92 Å². The van der Waals surface area contributed by atoms with Crippen LogP contribution in [0.4, 0.5) is 17.1 Å². The van der Waals surface area contributed by atoms with Gasteiger partial charge in [-0.05, 0) is 30.4 Å². The van der Waals surface area contributed by atoms with Crippen LogP contribution in [0.5, 0.6) is 0 Å². The van der Waals surface area contributed by atoms with Crippen LogP contribution in [0.25, 0.3) is 0 Å². The first-order valence-electron chi connectivity index (χ1n) is 7.78. The third kappa shape index (κ3) is 5.12. The molecule has 8 heteroatoms. The Morgan fingerprint density at radius 3 is 2.73 bits per heavy atom. The van der Waals surface area contributed by atoms with Gasteiger partial charge in [0.25, 0.3) is 5.69 Å². The third-order valence-electron chi connectivity index (χ3n) is 3.49. The molecule has 0 spiro atoms.